The lowest BCUT2D eigenvalue weighted by atomic mass is 10.2. The van der Waals surface area contributed by atoms with Crippen molar-refractivity contribution in [3.63, 3.8) is 0 Å². The molecule has 4 aromatic rings. The van der Waals surface area contributed by atoms with E-state index in [1.165, 1.54) is 12.1 Å². The summed E-state index contributed by atoms with van der Waals surface area (Å²) in [7, 11) is 0. The van der Waals surface area contributed by atoms with Gasteiger partial charge in [0.15, 0.2) is 5.65 Å². The fraction of sp³-hybridized carbons (Fsp3) is 0.211. The van der Waals surface area contributed by atoms with E-state index in [2.05, 4.69) is 21.6 Å². The molecular weight excluding hydrogens is 317 g/mol. The van der Waals surface area contributed by atoms with Gasteiger partial charge < -0.3 is 4.57 Å². The van der Waals surface area contributed by atoms with E-state index in [-0.39, 0.29) is 5.82 Å². The van der Waals surface area contributed by atoms with Crippen LogP contribution in [0.3, 0.4) is 0 Å². The molecule has 0 aliphatic heterocycles. The maximum Gasteiger partial charge on any atom is 0.160 e. The third-order valence-corrected chi connectivity index (χ3v) is 4.24. The summed E-state index contributed by atoms with van der Waals surface area (Å²) in [6.07, 6.45) is 2.32. The standard InChI is InChI=1S/C19H18FN5/c1-3-24-18(23-17-8-7-13(2)22-19(17)24)12-16-9-10-21-25(16)15-6-4-5-14(20)11-15/h4-11H,3,12H2,1-2H3. The second kappa shape index (κ2) is 6.12. The highest BCUT2D eigenvalue weighted by atomic mass is 19.1. The Bertz CT molecular complexity index is 1050. The zero-order chi connectivity index (χ0) is 17.4. The molecule has 0 N–H and O–H groups in total. The predicted molar refractivity (Wildman–Crippen MR) is 94.3 cm³/mol. The Morgan fingerprint density at radius 1 is 1.08 bits per heavy atom. The number of halogens is 1. The maximum atomic E-state index is 13.5. The minimum atomic E-state index is -0.278. The van der Waals surface area contributed by atoms with Gasteiger partial charge in [-0.05, 0) is 50.2 Å². The van der Waals surface area contributed by atoms with E-state index >= 15 is 0 Å². The fourth-order valence-electron chi connectivity index (χ4n) is 3.08. The third kappa shape index (κ3) is 2.80. The molecule has 0 atom stereocenters. The van der Waals surface area contributed by atoms with E-state index < -0.39 is 0 Å². The van der Waals surface area contributed by atoms with Crippen molar-refractivity contribution < 1.29 is 4.39 Å². The zero-order valence-corrected chi connectivity index (χ0v) is 14.1. The molecule has 0 aliphatic rings. The highest BCUT2D eigenvalue weighted by molar-refractivity contribution is 5.71. The second-order valence-electron chi connectivity index (χ2n) is 5.96. The molecule has 3 heterocycles. The fourth-order valence-corrected chi connectivity index (χ4v) is 3.08. The van der Waals surface area contributed by atoms with Crippen molar-refractivity contribution in [3.05, 3.63) is 71.7 Å². The molecule has 25 heavy (non-hydrogen) atoms. The number of hydrogen-bond acceptors (Lipinski definition) is 3. The number of aromatic nitrogens is 5. The maximum absolute atomic E-state index is 13.5. The Hall–Kier alpha value is -3.02. The zero-order valence-electron chi connectivity index (χ0n) is 14.1. The summed E-state index contributed by atoms with van der Waals surface area (Å²) in [6, 6.07) is 12.3. The van der Waals surface area contributed by atoms with Crippen molar-refractivity contribution in [3.8, 4) is 5.69 Å². The Morgan fingerprint density at radius 3 is 2.76 bits per heavy atom. The summed E-state index contributed by atoms with van der Waals surface area (Å²) < 4.78 is 17.4. The van der Waals surface area contributed by atoms with Gasteiger partial charge in [0.25, 0.3) is 0 Å². The third-order valence-electron chi connectivity index (χ3n) is 4.24. The lowest BCUT2D eigenvalue weighted by molar-refractivity contribution is 0.624. The van der Waals surface area contributed by atoms with Gasteiger partial charge in [-0.15, -0.1) is 0 Å². The number of imidazole rings is 1. The molecule has 4 rings (SSSR count). The summed E-state index contributed by atoms with van der Waals surface area (Å²) in [5.74, 6) is 0.646. The highest BCUT2D eigenvalue weighted by Gasteiger charge is 2.14. The summed E-state index contributed by atoms with van der Waals surface area (Å²) >= 11 is 0. The van der Waals surface area contributed by atoms with E-state index in [1.54, 1.807) is 16.9 Å². The van der Waals surface area contributed by atoms with Crippen LogP contribution in [0.15, 0.2) is 48.7 Å². The Labute approximate surface area is 144 Å². The lowest BCUT2D eigenvalue weighted by Gasteiger charge is -2.09. The molecular formula is C19H18FN5. The van der Waals surface area contributed by atoms with Crippen molar-refractivity contribution in [1.82, 2.24) is 24.3 Å². The second-order valence-corrected chi connectivity index (χ2v) is 5.96. The molecule has 1 aromatic carbocycles. The molecule has 5 nitrogen and oxygen atoms in total. The first kappa shape index (κ1) is 15.5. The van der Waals surface area contributed by atoms with Crippen LogP contribution in [0.25, 0.3) is 16.9 Å². The van der Waals surface area contributed by atoms with Gasteiger partial charge in [-0.25, -0.2) is 19.0 Å². The Morgan fingerprint density at radius 2 is 1.96 bits per heavy atom. The molecule has 6 heteroatoms. The van der Waals surface area contributed by atoms with Crippen LogP contribution in [0, 0.1) is 12.7 Å². The molecule has 0 amide bonds. The van der Waals surface area contributed by atoms with Crippen LogP contribution in [0.2, 0.25) is 0 Å². The number of benzene rings is 1. The topological polar surface area (TPSA) is 48.5 Å². The Balaban J connectivity index is 1.77. The first-order valence-electron chi connectivity index (χ1n) is 8.27. The first-order valence-corrected chi connectivity index (χ1v) is 8.27. The number of fused-ring (bicyclic) bond motifs is 1. The normalized spacial score (nSPS) is 11.3. The van der Waals surface area contributed by atoms with Crippen LogP contribution >= 0.6 is 0 Å². The van der Waals surface area contributed by atoms with E-state index in [0.717, 1.165) is 34.9 Å². The van der Waals surface area contributed by atoms with Gasteiger partial charge in [-0.3, -0.25) is 0 Å². The average Bonchev–Trinajstić information content (AvgIpc) is 3.19. The van der Waals surface area contributed by atoms with Gasteiger partial charge >= 0.3 is 0 Å². The predicted octanol–water partition coefficient (Wildman–Crippen LogP) is 3.68. The van der Waals surface area contributed by atoms with Crippen LogP contribution in [0.1, 0.15) is 24.1 Å². The minimum absolute atomic E-state index is 0.278. The van der Waals surface area contributed by atoms with Crippen molar-refractivity contribution in [2.75, 3.05) is 0 Å². The number of nitrogens with zero attached hydrogens (tertiary/aromatic N) is 5. The van der Waals surface area contributed by atoms with E-state index in [1.807, 2.05) is 31.2 Å². The number of hydrogen-bond donors (Lipinski definition) is 0. The molecule has 0 saturated heterocycles. The first-order chi connectivity index (χ1) is 12.2. The van der Waals surface area contributed by atoms with Crippen molar-refractivity contribution >= 4 is 11.2 Å². The van der Waals surface area contributed by atoms with Gasteiger partial charge in [-0.1, -0.05) is 6.07 Å². The van der Waals surface area contributed by atoms with Gasteiger partial charge in [-0.2, -0.15) is 5.10 Å². The van der Waals surface area contributed by atoms with Crippen LogP contribution < -0.4 is 0 Å². The van der Waals surface area contributed by atoms with E-state index in [4.69, 9.17) is 4.98 Å². The number of aryl methyl sites for hydroxylation is 2. The van der Waals surface area contributed by atoms with Gasteiger partial charge in [0, 0.05) is 24.9 Å². The molecule has 0 spiro atoms. The molecule has 0 saturated carbocycles. The van der Waals surface area contributed by atoms with E-state index in [9.17, 15) is 4.39 Å². The van der Waals surface area contributed by atoms with Gasteiger partial charge in [0.05, 0.1) is 11.4 Å². The average molecular weight is 335 g/mol. The summed E-state index contributed by atoms with van der Waals surface area (Å²) in [5, 5.41) is 4.34. The van der Waals surface area contributed by atoms with Crippen LogP contribution in [0.4, 0.5) is 4.39 Å². The SMILES string of the molecule is CCn1c(Cc2ccnn2-c2cccc(F)c2)nc2ccc(C)nc21. The highest BCUT2D eigenvalue weighted by Crippen LogP contribution is 2.19. The van der Waals surface area contributed by atoms with Crippen molar-refractivity contribution in [2.45, 2.75) is 26.8 Å². The molecule has 3 aromatic heterocycles. The molecule has 0 bridgehead atoms. The summed E-state index contributed by atoms with van der Waals surface area (Å²) in [5.41, 5.74) is 4.41. The quantitative estimate of drug-likeness (QED) is 0.572. The lowest BCUT2D eigenvalue weighted by Crippen LogP contribution is -2.08. The molecule has 0 radical (unpaired) electrons. The molecule has 0 aliphatic carbocycles. The molecule has 0 fully saturated rings. The van der Waals surface area contributed by atoms with Crippen LogP contribution in [-0.2, 0) is 13.0 Å². The molecule has 126 valence electrons. The summed E-state index contributed by atoms with van der Waals surface area (Å²) in [4.78, 5) is 9.35. The Kier molecular flexibility index (Phi) is 3.80. The smallest absolute Gasteiger partial charge is 0.160 e. The summed E-state index contributed by atoms with van der Waals surface area (Å²) in [6.45, 7) is 4.85. The van der Waals surface area contributed by atoms with Crippen LogP contribution in [-0.4, -0.2) is 24.3 Å². The monoisotopic (exact) mass is 335 g/mol. The van der Waals surface area contributed by atoms with Gasteiger partial charge in [0.2, 0.25) is 0 Å². The van der Waals surface area contributed by atoms with E-state index in [0.29, 0.717) is 12.1 Å². The largest absolute Gasteiger partial charge is 0.313 e. The van der Waals surface area contributed by atoms with Gasteiger partial charge in [0.1, 0.15) is 17.2 Å². The van der Waals surface area contributed by atoms with Crippen LogP contribution in [0.5, 0.6) is 0 Å². The number of rotatable bonds is 4. The molecule has 0 unspecified atom stereocenters. The number of pyridine rings is 1. The minimum Gasteiger partial charge on any atom is -0.313 e. The van der Waals surface area contributed by atoms with Crippen molar-refractivity contribution in [2.24, 2.45) is 0 Å². The van der Waals surface area contributed by atoms with Crippen molar-refractivity contribution in [1.29, 1.82) is 0 Å².